The Morgan fingerprint density at radius 1 is 1.39 bits per heavy atom. The maximum atomic E-state index is 12.5. The van der Waals surface area contributed by atoms with Gasteiger partial charge >= 0.3 is 0 Å². The molecule has 7 heteroatoms. The molecule has 3 aromatic rings. The Hall–Kier alpha value is -2.18. The molecule has 2 aromatic heterocycles. The molecule has 0 aliphatic carbocycles. The fourth-order valence-electron chi connectivity index (χ4n) is 2.90. The Morgan fingerprint density at radius 3 is 3.09 bits per heavy atom. The van der Waals surface area contributed by atoms with Gasteiger partial charge in [0, 0.05) is 22.0 Å². The van der Waals surface area contributed by atoms with Gasteiger partial charge in [-0.25, -0.2) is 4.98 Å². The van der Waals surface area contributed by atoms with E-state index in [2.05, 4.69) is 27.3 Å². The van der Waals surface area contributed by atoms with Gasteiger partial charge in [0.1, 0.15) is 10.0 Å². The van der Waals surface area contributed by atoms with E-state index in [1.165, 1.54) is 11.3 Å². The van der Waals surface area contributed by atoms with Crippen LogP contribution in [0.5, 0.6) is 0 Å². The second-order valence-corrected chi connectivity index (χ2v) is 6.84. The van der Waals surface area contributed by atoms with E-state index in [0.717, 1.165) is 26.7 Å². The molecule has 0 saturated carbocycles. The molecule has 0 fully saturated rings. The molecule has 0 unspecified atom stereocenters. The van der Waals surface area contributed by atoms with E-state index in [0.29, 0.717) is 23.1 Å². The number of aromatic nitrogens is 1. The van der Waals surface area contributed by atoms with Gasteiger partial charge in [0.2, 0.25) is 0 Å². The maximum Gasteiger partial charge on any atom is 0.263 e. The highest BCUT2D eigenvalue weighted by molar-refractivity contribution is 7.21. The summed E-state index contributed by atoms with van der Waals surface area (Å²) in [6.45, 7) is 4.60. The van der Waals surface area contributed by atoms with Crippen LogP contribution < -0.4 is 10.6 Å². The smallest absolute Gasteiger partial charge is 0.263 e. The molecule has 1 amide bonds. The minimum Gasteiger partial charge on any atom is -0.381 e. The lowest BCUT2D eigenvalue weighted by molar-refractivity contribution is 0.0948. The van der Waals surface area contributed by atoms with E-state index >= 15 is 0 Å². The summed E-state index contributed by atoms with van der Waals surface area (Å²) in [6.07, 6.45) is 0. The molecule has 0 radical (unpaired) electrons. The fraction of sp³-hybridized carbons (Fsp3) is 0.188. The topological polar surface area (TPSA) is 66.4 Å². The fourth-order valence-corrected chi connectivity index (χ4v) is 4.15. The summed E-state index contributed by atoms with van der Waals surface area (Å²) < 4.78 is 1.05. The normalized spacial score (nSPS) is 17.4. The minimum absolute atomic E-state index is 0.0582. The molecular formula is C16H13ClN4OS. The first-order valence-electron chi connectivity index (χ1n) is 7.16. The van der Waals surface area contributed by atoms with Crippen LogP contribution in [0.4, 0.5) is 5.69 Å². The van der Waals surface area contributed by atoms with Crippen LogP contribution in [0.15, 0.2) is 29.3 Å². The number of fused-ring (bicyclic) bond motifs is 5. The second kappa shape index (κ2) is 5.47. The van der Waals surface area contributed by atoms with Crippen molar-refractivity contribution in [3.05, 3.63) is 34.3 Å². The number of nitrogens with one attached hydrogen (secondary N) is 2. The van der Waals surface area contributed by atoms with Gasteiger partial charge in [-0.1, -0.05) is 11.6 Å². The summed E-state index contributed by atoms with van der Waals surface area (Å²) >= 11 is 7.46. The van der Waals surface area contributed by atoms with Crippen LogP contribution in [0.2, 0.25) is 5.15 Å². The number of carbonyl (C=O) groups excluding carboxylic acids is 1. The zero-order valence-corrected chi connectivity index (χ0v) is 13.7. The monoisotopic (exact) mass is 344 g/mol. The third-order valence-corrected chi connectivity index (χ3v) is 5.27. The average molecular weight is 345 g/mol. The number of aliphatic imine (C=N–C) groups is 1. The first-order chi connectivity index (χ1) is 11.2. The van der Waals surface area contributed by atoms with Crippen LogP contribution in [0.3, 0.4) is 0 Å². The van der Waals surface area contributed by atoms with Gasteiger partial charge in [-0.05, 0) is 31.0 Å². The lowest BCUT2D eigenvalue weighted by atomic mass is 10.1. The Bertz CT molecular complexity index is 952. The zero-order valence-electron chi connectivity index (χ0n) is 12.1. The van der Waals surface area contributed by atoms with Gasteiger partial charge in [-0.3, -0.25) is 9.79 Å². The number of thiophene rings is 1. The van der Waals surface area contributed by atoms with E-state index in [9.17, 15) is 4.79 Å². The van der Waals surface area contributed by atoms with Crippen molar-refractivity contribution in [1.29, 1.82) is 0 Å². The third-order valence-electron chi connectivity index (χ3n) is 3.90. The summed E-state index contributed by atoms with van der Waals surface area (Å²) in [5, 5.41) is 8.86. The third kappa shape index (κ3) is 2.34. The number of nitrogens with zero attached hydrogens (tertiary/aromatic N) is 2. The number of anilines is 1. The summed E-state index contributed by atoms with van der Waals surface area (Å²) in [7, 11) is 0. The summed E-state index contributed by atoms with van der Waals surface area (Å²) in [5.74, 6) is -0.0741. The van der Waals surface area contributed by atoms with Crippen LogP contribution in [0.25, 0.3) is 21.0 Å². The van der Waals surface area contributed by atoms with E-state index in [1.54, 1.807) is 6.07 Å². The summed E-state index contributed by atoms with van der Waals surface area (Å²) in [6, 6.07) is 7.58. The number of hydrogen-bond acceptors (Lipinski definition) is 5. The van der Waals surface area contributed by atoms with E-state index in [4.69, 9.17) is 11.6 Å². The van der Waals surface area contributed by atoms with E-state index in [-0.39, 0.29) is 11.9 Å². The minimum atomic E-state index is -0.0741. The molecule has 4 rings (SSSR count). The van der Waals surface area contributed by atoms with Crippen LogP contribution in [-0.2, 0) is 0 Å². The highest BCUT2D eigenvalue weighted by Gasteiger charge is 2.26. The standard InChI is InChI=1S/C16H13ClN4OS/c1-18-6-8-7-19-14-13-9-2-5-12(17)21-10(9)3-4-11(13)23-15(14)16(22)20-8/h2-5,8,19H,1,6-7H2,(H,20,22)/t8-/m1/s1. The molecule has 0 spiro atoms. The lowest BCUT2D eigenvalue weighted by Gasteiger charge is -2.13. The number of amides is 1. The van der Waals surface area contributed by atoms with Crippen molar-refractivity contribution in [3.63, 3.8) is 0 Å². The number of carbonyl (C=O) groups is 1. The van der Waals surface area contributed by atoms with Gasteiger partial charge in [0.05, 0.1) is 23.8 Å². The highest BCUT2D eigenvalue weighted by atomic mass is 35.5. The first-order valence-corrected chi connectivity index (χ1v) is 8.36. The van der Waals surface area contributed by atoms with Crippen molar-refractivity contribution in [2.24, 2.45) is 4.99 Å². The highest BCUT2D eigenvalue weighted by Crippen LogP contribution is 2.40. The SMILES string of the molecule is C=NC[C@@H]1CNc2c(sc3ccc4nc(Cl)ccc4c23)C(=O)N1. The molecular weight excluding hydrogens is 332 g/mol. The van der Waals surface area contributed by atoms with Crippen molar-refractivity contribution in [2.75, 3.05) is 18.4 Å². The second-order valence-electron chi connectivity index (χ2n) is 5.40. The predicted octanol–water partition coefficient (Wildman–Crippen LogP) is 3.33. The molecule has 3 heterocycles. The van der Waals surface area contributed by atoms with Gasteiger partial charge in [0.25, 0.3) is 5.91 Å². The van der Waals surface area contributed by atoms with Crippen LogP contribution in [-0.4, -0.2) is 36.7 Å². The molecule has 1 aliphatic heterocycles. The van der Waals surface area contributed by atoms with Crippen molar-refractivity contribution in [3.8, 4) is 0 Å². The van der Waals surface area contributed by atoms with Crippen molar-refractivity contribution >= 4 is 62.2 Å². The largest absolute Gasteiger partial charge is 0.381 e. The quantitative estimate of drug-likeness (QED) is 0.553. The molecule has 2 N–H and O–H groups in total. The Kier molecular flexibility index (Phi) is 3.43. The van der Waals surface area contributed by atoms with Crippen LogP contribution in [0, 0.1) is 0 Å². The van der Waals surface area contributed by atoms with E-state index < -0.39 is 0 Å². The van der Waals surface area contributed by atoms with Crippen LogP contribution in [0.1, 0.15) is 9.67 Å². The van der Waals surface area contributed by atoms with Crippen molar-refractivity contribution in [2.45, 2.75) is 6.04 Å². The first kappa shape index (κ1) is 14.4. The zero-order chi connectivity index (χ0) is 16.0. The number of rotatable bonds is 2. The molecule has 5 nitrogen and oxygen atoms in total. The molecule has 1 aromatic carbocycles. The lowest BCUT2D eigenvalue weighted by Crippen LogP contribution is -2.39. The average Bonchev–Trinajstić information content (AvgIpc) is 2.84. The number of pyridine rings is 1. The molecule has 116 valence electrons. The van der Waals surface area contributed by atoms with Crippen molar-refractivity contribution < 1.29 is 4.79 Å². The van der Waals surface area contributed by atoms with Gasteiger partial charge in [0.15, 0.2) is 0 Å². The summed E-state index contributed by atoms with van der Waals surface area (Å²) in [5.41, 5.74) is 1.69. The number of halogens is 1. The van der Waals surface area contributed by atoms with Crippen molar-refractivity contribution in [1.82, 2.24) is 10.3 Å². The van der Waals surface area contributed by atoms with Gasteiger partial charge in [-0.15, -0.1) is 11.3 Å². The van der Waals surface area contributed by atoms with Gasteiger partial charge in [-0.2, -0.15) is 0 Å². The van der Waals surface area contributed by atoms with Gasteiger partial charge < -0.3 is 10.6 Å². The number of benzene rings is 1. The molecule has 23 heavy (non-hydrogen) atoms. The molecule has 0 bridgehead atoms. The summed E-state index contributed by atoms with van der Waals surface area (Å²) in [4.78, 5) is 21.4. The Balaban J connectivity index is 1.94. The van der Waals surface area contributed by atoms with Crippen LogP contribution >= 0.6 is 22.9 Å². The Labute approximate surface area is 141 Å². The molecule has 1 aliphatic rings. The molecule has 1 atom stereocenters. The Morgan fingerprint density at radius 2 is 2.26 bits per heavy atom. The maximum absolute atomic E-state index is 12.5. The van der Waals surface area contributed by atoms with E-state index in [1.807, 2.05) is 18.2 Å². The number of hydrogen-bond donors (Lipinski definition) is 2. The predicted molar refractivity (Wildman–Crippen MR) is 96.3 cm³/mol. The molecule has 0 saturated heterocycles.